The number of nitrogens with two attached hydrogens (primary N) is 1. The summed E-state index contributed by atoms with van der Waals surface area (Å²) >= 11 is 1.66. The van der Waals surface area contributed by atoms with Crippen LogP contribution in [0.2, 0.25) is 0 Å². The van der Waals surface area contributed by atoms with Crippen LogP contribution in [-0.4, -0.2) is 45.8 Å². The first kappa shape index (κ1) is 23.6. The Morgan fingerprint density at radius 3 is 2.69 bits per heavy atom. The van der Waals surface area contributed by atoms with E-state index in [4.69, 9.17) is 25.7 Å². The molecule has 0 aliphatic rings. The number of ether oxygens (including phenoxy) is 2. The van der Waals surface area contributed by atoms with Crippen molar-refractivity contribution in [2.24, 2.45) is 5.73 Å². The van der Waals surface area contributed by atoms with Gasteiger partial charge in [-0.15, -0.1) is 11.8 Å². The molecule has 1 aromatic carbocycles. The summed E-state index contributed by atoms with van der Waals surface area (Å²) < 4.78 is 27.9. The number of aliphatic hydroxyl groups excluding tert-OH is 1. The zero-order valence-corrected chi connectivity index (χ0v) is 19.3. The molecule has 0 bridgehead atoms. The Labute approximate surface area is 190 Å². The summed E-state index contributed by atoms with van der Waals surface area (Å²) in [6.07, 6.45) is 5.83. The fourth-order valence-corrected chi connectivity index (χ4v) is 4.29. The van der Waals surface area contributed by atoms with Gasteiger partial charge in [0.1, 0.15) is 18.0 Å². The number of benzene rings is 1. The number of pyridine rings is 1. The van der Waals surface area contributed by atoms with Crippen molar-refractivity contribution in [3.05, 3.63) is 48.2 Å². The molecule has 0 aliphatic carbocycles. The maximum Gasteiger partial charge on any atom is 0.166 e. The monoisotopic (exact) mass is 458 g/mol. The van der Waals surface area contributed by atoms with Crippen LogP contribution in [0.15, 0.2) is 41.7 Å². The second-order valence-electron chi connectivity index (χ2n) is 7.97. The minimum atomic E-state index is -0.625. The highest BCUT2D eigenvalue weighted by molar-refractivity contribution is 8.00. The quantitative estimate of drug-likeness (QED) is 0.342. The van der Waals surface area contributed by atoms with E-state index in [2.05, 4.69) is 25.8 Å². The Hall–Kier alpha value is -3.04. The first-order valence-corrected chi connectivity index (χ1v) is 10.8. The lowest BCUT2D eigenvalue weighted by Crippen LogP contribution is -2.08. The highest BCUT2D eigenvalue weighted by Gasteiger charge is 2.20. The van der Waals surface area contributed by atoms with E-state index in [1.54, 1.807) is 31.1 Å². The molecule has 2 aromatic heterocycles. The van der Waals surface area contributed by atoms with Crippen LogP contribution < -0.4 is 15.2 Å². The van der Waals surface area contributed by atoms with E-state index < -0.39 is 5.82 Å². The van der Waals surface area contributed by atoms with E-state index in [1.807, 2.05) is 16.7 Å². The number of fused-ring (bicyclic) bond motifs is 1. The summed E-state index contributed by atoms with van der Waals surface area (Å²) in [7, 11) is 1.62. The maximum atomic E-state index is 15.1. The van der Waals surface area contributed by atoms with Crippen molar-refractivity contribution in [3.8, 4) is 22.8 Å². The molecule has 7 nitrogen and oxygen atoms in total. The van der Waals surface area contributed by atoms with E-state index in [9.17, 15) is 0 Å². The first-order chi connectivity index (χ1) is 15.2. The van der Waals surface area contributed by atoms with Gasteiger partial charge in [-0.2, -0.15) is 0 Å². The molecule has 0 unspecified atom stereocenters. The number of aromatic nitrogens is 2. The molecule has 0 fully saturated rings. The van der Waals surface area contributed by atoms with Gasteiger partial charge in [0.05, 0.1) is 30.5 Å². The minimum absolute atomic E-state index is 0.0442. The molecule has 0 saturated carbocycles. The summed E-state index contributed by atoms with van der Waals surface area (Å²) in [5, 5.41) is 16.7. The Morgan fingerprint density at radius 1 is 1.34 bits per heavy atom. The molecule has 3 aromatic rings. The summed E-state index contributed by atoms with van der Waals surface area (Å²) in [6.45, 7) is 5.99. The lowest BCUT2D eigenvalue weighted by atomic mass is 10.0. The van der Waals surface area contributed by atoms with Crippen LogP contribution in [0.3, 0.4) is 0 Å². The molecular formula is C23H27FN4O3S. The second-order valence-corrected chi connectivity index (χ2v) is 9.83. The molecule has 0 amide bonds. The number of hydrogen-bond acceptors (Lipinski definition) is 7. The Kier molecular flexibility index (Phi) is 7.10. The Bertz CT molecular complexity index is 1170. The van der Waals surface area contributed by atoms with E-state index in [0.29, 0.717) is 28.2 Å². The average Bonchev–Trinajstić information content (AvgIpc) is 3.14. The number of imidazole rings is 1. The van der Waals surface area contributed by atoms with E-state index in [1.165, 1.54) is 12.3 Å². The van der Waals surface area contributed by atoms with E-state index >= 15 is 4.39 Å². The van der Waals surface area contributed by atoms with E-state index in [-0.39, 0.29) is 29.3 Å². The fraction of sp³-hybridized carbons (Fsp3) is 0.304. The van der Waals surface area contributed by atoms with Crippen molar-refractivity contribution in [1.82, 2.24) is 9.38 Å². The van der Waals surface area contributed by atoms with Gasteiger partial charge >= 0.3 is 0 Å². The Balaban J connectivity index is 2.21. The third-order valence-corrected chi connectivity index (χ3v) is 5.67. The zero-order valence-electron chi connectivity index (χ0n) is 18.5. The van der Waals surface area contributed by atoms with Gasteiger partial charge in [0.15, 0.2) is 11.6 Å². The van der Waals surface area contributed by atoms with Crippen molar-refractivity contribution in [2.45, 2.75) is 30.4 Å². The highest BCUT2D eigenvalue weighted by Crippen LogP contribution is 2.40. The van der Waals surface area contributed by atoms with Gasteiger partial charge in [0.2, 0.25) is 0 Å². The minimum Gasteiger partial charge on any atom is -0.495 e. The molecule has 170 valence electrons. The molecule has 0 spiro atoms. The number of methoxy groups -OCH3 is 1. The van der Waals surface area contributed by atoms with Crippen LogP contribution in [0.1, 0.15) is 26.3 Å². The van der Waals surface area contributed by atoms with Crippen LogP contribution in [0.25, 0.3) is 22.5 Å². The van der Waals surface area contributed by atoms with Crippen molar-refractivity contribution >= 4 is 29.2 Å². The summed E-state index contributed by atoms with van der Waals surface area (Å²) in [5.74, 6) is 0.0220. The molecule has 0 radical (unpaired) electrons. The Morgan fingerprint density at radius 2 is 2.09 bits per heavy atom. The molecule has 0 atom stereocenters. The van der Waals surface area contributed by atoms with Gasteiger partial charge in [-0.25, -0.2) is 9.37 Å². The molecule has 2 heterocycles. The summed E-state index contributed by atoms with van der Waals surface area (Å²) in [4.78, 5) is 5.39. The lowest BCUT2D eigenvalue weighted by Gasteiger charge is -2.20. The van der Waals surface area contributed by atoms with Crippen molar-refractivity contribution in [2.75, 3.05) is 20.3 Å². The standard InChI is InChI=1S/C23H27FN4O3S/c1-23(2,3)32-20-13-28-18(12-27-21(28)9-19(20)30-4)14-7-16(15(10-25)11-26)22(17(24)8-14)31-6-5-29/h7-13,25,29H,5-6,26H2,1-4H3/b15-11+,25-10?. The van der Waals surface area contributed by atoms with Gasteiger partial charge in [0, 0.05) is 46.1 Å². The van der Waals surface area contributed by atoms with Crippen LogP contribution in [0.4, 0.5) is 4.39 Å². The average molecular weight is 459 g/mol. The van der Waals surface area contributed by atoms with Gasteiger partial charge in [-0.05, 0) is 12.1 Å². The van der Waals surface area contributed by atoms with Gasteiger partial charge in [-0.3, -0.25) is 4.40 Å². The van der Waals surface area contributed by atoms with Gasteiger partial charge in [0.25, 0.3) is 0 Å². The summed E-state index contributed by atoms with van der Waals surface area (Å²) in [5.41, 5.74) is 8.12. The van der Waals surface area contributed by atoms with Crippen LogP contribution in [0.5, 0.6) is 11.5 Å². The SMILES string of the molecule is COc1cc2ncc(-c3cc(F)c(OCCO)c(/C(C=N)=C/N)c3)n2cc1SC(C)(C)C. The maximum absolute atomic E-state index is 15.1. The van der Waals surface area contributed by atoms with E-state index in [0.717, 1.165) is 11.1 Å². The van der Waals surface area contributed by atoms with Crippen molar-refractivity contribution in [1.29, 1.82) is 5.41 Å². The molecular weight excluding hydrogens is 431 g/mol. The molecule has 9 heteroatoms. The van der Waals surface area contributed by atoms with Crippen LogP contribution >= 0.6 is 11.8 Å². The predicted molar refractivity (Wildman–Crippen MR) is 126 cm³/mol. The number of hydrogen-bond donors (Lipinski definition) is 3. The first-order valence-electron chi connectivity index (χ1n) is 9.96. The van der Waals surface area contributed by atoms with Crippen molar-refractivity contribution in [3.63, 3.8) is 0 Å². The van der Waals surface area contributed by atoms with Crippen LogP contribution in [0, 0.1) is 11.2 Å². The highest BCUT2D eigenvalue weighted by atomic mass is 32.2. The number of halogens is 1. The molecule has 0 aliphatic heterocycles. The number of allylic oxidation sites excluding steroid dienone is 1. The largest absolute Gasteiger partial charge is 0.495 e. The fourth-order valence-electron chi connectivity index (χ4n) is 3.23. The van der Waals surface area contributed by atoms with Gasteiger partial charge < -0.3 is 25.7 Å². The molecule has 32 heavy (non-hydrogen) atoms. The lowest BCUT2D eigenvalue weighted by molar-refractivity contribution is 0.196. The smallest absolute Gasteiger partial charge is 0.166 e. The topological polar surface area (TPSA) is 106 Å². The third kappa shape index (κ3) is 4.89. The zero-order chi connectivity index (χ0) is 23.5. The van der Waals surface area contributed by atoms with Gasteiger partial charge in [-0.1, -0.05) is 20.8 Å². The van der Waals surface area contributed by atoms with Crippen LogP contribution in [-0.2, 0) is 0 Å². The summed E-state index contributed by atoms with van der Waals surface area (Å²) in [6, 6.07) is 4.89. The third-order valence-electron chi connectivity index (χ3n) is 4.53. The predicted octanol–water partition coefficient (Wildman–Crippen LogP) is 4.36. The number of nitrogens with one attached hydrogen (secondary N) is 1. The number of thioether (sulfide) groups is 1. The normalized spacial score (nSPS) is 12.2. The molecule has 4 N–H and O–H groups in total. The second kappa shape index (κ2) is 9.62. The molecule has 3 rings (SSSR count). The number of rotatable bonds is 8. The molecule has 0 saturated heterocycles. The number of nitrogens with zero attached hydrogens (tertiary/aromatic N) is 2. The number of aliphatic hydroxyl groups is 1. The van der Waals surface area contributed by atoms with Crippen molar-refractivity contribution < 1.29 is 19.0 Å².